The van der Waals surface area contributed by atoms with Crippen molar-refractivity contribution in [3.63, 3.8) is 0 Å². The van der Waals surface area contributed by atoms with Crippen molar-refractivity contribution in [2.24, 2.45) is 0 Å². The van der Waals surface area contributed by atoms with Crippen LogP contribution in [0.25, 0.3) is 6.08 Å². The van der Waals surface area contributed by atoms with E-state index in [-0.39, 0.29) is 11.9 Å². The van der Waals surface area contributed by atoms with Crippen LogP contribution in [-0.4, -0.2) is 10.9 Å². The molecule has 0 aliphatic heterocycles. The molecule has 1 unspecified atom stereocenters. The second-order valence-electron chi connectivity index (χ2n) is 3.86. The molecule has 0 saturated carbocycles. The molecule has 2 aromatic rings. The van der Waals surface area contributed by atoms with Crippen molar-refractivity contribution >= 4 is 23.3 Å². The SMILES string of the molecule is CC(NC(=O)C=Cc1cccs1)c1ccncc1. The maximum atomic E-state index is 11.7. The summed E-state index contributed by atoms with van der Waals surface area (Å²) in [5.41, 5.74) is 1.04. The van der Waals surface area contributed by atoms with Gasteiger partial charge in [0.05, 0.1) is 6.04 Å². The summed E-state index contributed by atoms with van der Waals surface area (Å²) in [7, 11) is 0. The van der Waals surface area contributed by atoms with Crippen LogP contribution in [0.2, 0.25) is 0 Å². The van der Waals surface area contributed by atoms with Gasteiger partial charge in [-0.2, -0.15) is 0 Å². The lowest BCUT2D eigenvalue weighted by Gasteiger charge is -2.12. The van der Waals surface area contributed by atoms with E-state index >= 15 is 0 Å². The molecule has 2 rings (SSSR count). The lowest BCUT2D eigenvalue weighted by molar-refractivity contribution is -0.117. The Bertz CT molecular complexity index is 520. The third-order valence-corrected chi connectivity index (χ3v) is 3.34. The fourth-order valence-electron chi connectivity index (χ4n) is 1.54. The lowest BCUT2D eigenvalue weighted by atomic mass is 10.1. The smallest absolute Gasteiger partial charge is 0.244 e. The van der Waals surface area contributed by atoms with Gasteiger partial charge in [-0.3, -0.25) is 9.78 Å². The molecule has 0 aliphatic carbocycles. The molecule has 18 heavy (non-hydrogen) atoms. The minimum absolute atomic E-state index is 0.0199. The molecule has 1 N–H and O–H groups in total. The normalized spacial score (nSPS) is 12.5. The Hall–Kier alpha value is -1.94. The van der Waals surface area contributed by atoms with Crippen LogP contribution in [0.1, 0.15) is 23.4 Å². The van der Waals surface area contributed by atoms with E-state index in [4.69, 9.17) is 0 Å². The number of hydrogen-bond acceptors (Lipinski definition) is 3. The van der Waals surface area contributed by atoms with Crippen molar-refractivity contribution in [1.82, 2.24) is 10.3 Å². The molecule has 92 valence electrons. The first kappa shape index (κ1) is 12.5. The van der Waals surface area contributed by atoms with E-state index in [1.807, 2.05) is 42.6 Å². The number of amides is 1. The number of nitrogens with zero attached hydrogens (tertiary/aromatic N) is 1. The number of pyridine rings is 1. The van der Waals surface area contributed by atoms with Gasteiger partial charge in [-0.25, -0.2) is 0 Å². The average molecular weight is 258 g/mol. The predicted octanol–water partition coefficient (Wildman–Crippen LogP) is 3.03. The minimum Gasteiger partial charge on any atom is -0.346 e. The van der Waals surface area contributed by atoms with Crippen LogP contribution in [0.3, 0.4) is 0 Å². The highest BCUT2D eigenvalue weighted by Gasteiger charge is 2.06. The molecule has 0 bridgehead atoms. The van der Waals surface area contributed by atoms with Crippen LogP contribution in [0.4, 0.5) is 0 Å². The third-order valence-electron chi connectivity index (χ3n) is 2.51. The quantitative estimate of drug-likeness (QED) is 0.856. The minimum atomic E-state index is -0.0901. The van der Waals surface area contributed by atoms with Gasteiger partial charge in [0.25, 0.3) is 0 Å². The molecular weight excluding hydrogens is 244 g/mol. The first-order chi connectivity index (χ1) is 8.75. The molecule has 0 saturated heterocycles. The molecular formula is C14H14N2OS. The molecule has 1 atom stereocenters. The van der Waals surface area contributed by atoms with Gasteiger partial charge in [0.1, 0.15) is 0 Å². The van der Waals surface area contributed by atoms with E-state index in [0.717, 1.165) is 10.4 Å². The van der Waals surface area contributed by atoms with Crippen molar-refractivity contribution in [3.8, 4) is 0 Å². The summed E-state index contributed by atoms with van der Waals surface area (Å²) in [5, 5.41) is 4.89. The van der Waals surface area contributed by atoms with Gasteiger partial charge in [-0.05, 0) is 42.1 Å². The van der Waals surface area contributed by atoms with Crippen LogP contribution < -0.4 is 5.32 Å². The third kappa shape index (κ3) is 3.53. The van der Waals surface area contributed by atoms with E-state index in [1.165, 1.54) is 0 Å². The zero-order valence-corrected chi connectivity index (χ0v) is 10.9. The molecule has 2 heterocycles. The van der Waals surface area contributed by atoms with Crippen molar-refractivity contribution in [3.05, 3.63) is 58.6 Å². The summed E-state index contributed by atoms with van der Waals surface area (Å²) in [6, 6.07) is 7.71. The van der Waals surface area contributed by atoms with Crippen molar-refractivity contribution in [2.75, 3.05) is 0 Å². The topological polar surface area (TPSA) is 42.0 Å². The molecule has 0 radical (unpaired) electrons. The van der Waals surface area contributed by atoms with E-state index in [0.29, 0.717) is 0 Å². The highest BCUT2D eigenvalue weighted by molar-refractivity contribution is 7.10. The van der Waals surface area contributed by atoms with Gasteiger partial charge in [0.2, 0.25) is 5.91 Å². The highest BCUT2D eigenvalue weighted by atomic mass is 32.1. The molecule has 0 fully saturated rings. The van der Waals surface area contributed by atoms with Crippen LogP contribution >= 0.6 is 11.3 Å². The fraction of sp³-hybridized carbons (Fsp3) is 0.143. The molecule has 1 amide bonds. The monoisotopic (exact) mass is 258 g/mol. The summed E-state index contributed by atoms with van der Waals surface area (Å²) >= 11 is 1.61. The van der Waals surface area contributed by atoms with Crippen LogP contribution in [-0.2, 0) is 4.79 Å². The Balaban J connectivity index is 1.92. The van der Waals surface area contributed by atoms with Crippen LogP contribution in [0.5, 0.6) is 0 Å². The van der Waals surface area contributed by atoms with Gasteiger partial charge in [-0.1, -0.05) is 6.07 Å². The summed E-state index contributed by atoms with van der Waals surface area (Å²) in [6.07, 6.45) is 6.82. The average Bonchev–Trinajstić information content (AvgIpc) is 2.90. The number of carbonyl (C=O) groups excluding carboxylic acids is 1. The van der Waals surface area contributed by atoms with Gasteiger partial charge in [0.15, 0.2) is 0 Å². The zero-order chi connectivity index (χ0) is 12.8. The Labute approximate surface area is 110 Å². The van der Waals surface area contributed by atoms with Crippen LogP contribution in [0.15, 0.2) is 48.1 Å². The number of aromatic nitrogens is 1. The molecule has 0 aliphatic rings. The summed E-state index contributed by atoms with van der Waals surface area (Å²) in [4.78, 5) is 16.7. The molecule has 2 aromatic heterocycles. The largest absolute Gasteiger partial charge is 0.346 e. The maximum Gasteiger partial charge on any atom is 0.244 e. The Morgan fingerprint density at radius 3 is 2.83 bits per heavy atom. The van der Waals surface area contributed by atoms with Gasteiger partial charge in [0, 0.05) is 23.3 Å². The maximum absolute atomic E-state index is 11.7. The molecule has 0 aromatic carbocycles. The number of hydrogen-bond donors (Lipinski definition) is 1. The number of rotatable bonds is 4. The van der Waals surface area contributed by atoms with E-state index in [9.17, 15) is 4.79 Å². The Morgan fingerprint density at radius 2 is 2.17 bits per heavy atom. The first-order valence-corrected chi connectivity index (χ1v) is 6.55. The number of carbonyl (C=O) groups is 1. The first-order valence-electron chi connectivity index (χ1n) is 5.68. The second kappa shape index (κ2) is 6.12. The number of nitrogens with one attached hydrogen (secondary N) is 1. The predicted molar refractivity (Wildman–Crippen MR) is 74.1 cm³/mol. The summed E-state index contributed by atoms with van der Waals surface area (Å²) < 4.78 is 0. The van der Waals surface area contributed by atoms with E-state index in [1.54, 1.807) is 29.8 Å². The number of thiophene rings is 1. The lowest BCUT2D eigenvalue weighted by Crippen LogP contribution is -2.24. The Kier molecular flexibility index (Phi) is 4.25. The van der Waals surface area contributed by atoms with Gasteiger partial charge >= 0.3 is 0 Å². The van der Waals surface area contributed by atoms with Crippen LogP contribution in [0, 0.1) is 0 Å². The molecule has 4 heteroatoms. The molecule has 0 spiro atoms. The van der Waals surface area contributed by atoms with Crippen molar-refractivity contribution < 1.29 is 4.79 Å². The second-order valence-corrected chi connectivity index (χ2v) is 4.84. The Morgan fingerprint density at radius 1 is 1.39 bits per heavy atom. The van der Waals surface area contributed by atoms with Crippen molar-refractivity contribution in [1.29, 1.82) is 0 Å². The standard InChI is InChI=1S/C14H14N2OS/c1-11(12-6-8-15-9-7-12)16-14(17)5-4-13-3-2-10-18-13/h2-11H,1H3,(H,16,17). The zero-order valence-electron chi connectivity index (χ0n) is 10.0. The fourth-order valence-corrected chi connectivity index (χ4v) is 2.16. The van der Waals surface area contributed by atoms with Crippen molar-refractivity contribution in [2.45, 2.75) is 13.0 Å². The van der Waals surface area contributed by atoms with E-state index < -0.39 is 0 Å². The highest BCUT2D eigenvalue weighted by Crippen LogP contribution is 2.12. The molecule has 3 nitrogen and oxygen atoms in total. The van der Waals surface area contributed by atoms with E-state index in [2.05, 4.69) is 10.3 Å². The van der Waals surface area contributed by atoms with Gasteiger partial charge < -0.3 is 5.32 Å². The summed E-state index contributed by atoms with van der Waals surface area (Å²) in [6.45, 7) is 1.95. The summed E-state index contributed by atoms with van der Waals surface area (Å²) in [5.74, 6) is -0.0901. The van der Waals surface area contributed by atoms with Gasteiger partial charge in [-0.15, -0.1) is 11.3 Å².